The van der Waals surface area contributed by atoms with Gasteiger partial charge in [-0.15, -0.1) is 11.3 Å². The number of nitrogens with zero attached hydrogens (tertiary/aromatic N) is 3. The second-order valence-electron chi connectivity index (χ2n) is 9.22. The van der Waals surface area contributed by atoms with E-state index in [9.17, 15) is 14.7 Å². The molecule has 0 bridgehead atoms. The number of benzene rings is 1. The minimum Gasteiger partial charge on any atom is -0.391 e. The fraction of sp³-hybridized carbons (Fsp3) is 0.440. The molecule has 1 aliphatic heterocycles. The van der Waals surface area contributed by atoms with Crippen molar-refractivity contribution < 1.29 is 14.7 Å². The van der Waals surface area contributed by atoms with Crippen LogP contribution in [0.15, 0.2) is 36.0 Å². The number of aliphatic hydroxyl groups excluding tert-OH is 1. The molecule has 0 saturated carbocycles. The lowest BCUT2D eigenvalue weighted by Gasteiger charge is -2.29. The highest BCUT2D eigenvalue weighted by Gasteiger charge is 2.42. The Labute approximate surface area is 203 Å². The van der Waals surface area contributed by atoms with Crippen LogP contribution in [0.5, 0.6) is 0 Å². The van der Waals surface area contributed by atoms with Crippen molar-refractivity contribution in [3.05, 3.63) is 58.7 Å². The zero-order chi connectivity index (χ0) is 24.4. The van der Waals surface area contributed by atoms with Gasteiger partial charge in [-0.05, 0) is 30.9 Å². The zero-order valence-corrected chi connectivity index (χ0v) is 20.7. The standard InChI is InChI=1S/C25H31N5O3S/c1-14(2)22(20-11-26-16(4)29-20)25(33)30-12-19(31)9-21(30)24(32)27-10-17-5-7-18(8-6-17)23-15(3)28-13-34-23/h5-8,11,13-14,19,21-22,31H,9-10,12H2,1-4H3,(H,26,29)(H,27,32)/t19-,21+,22-/m1/s1. The van der Waals surface area contributed by atoms with Gasteiger partial charge in [0.2, 0.25) is 11.8 Å². The lowest BCUT2D eigenvalue weighted by molar-refractivity contribution is -0.140. The third-order valence-electron chi connectivity index (χ3n) is 6.28. The smallest absolute Gasteiger partial charge is 0.243 e. The fourth-order valence-electron chi connectivity index (χ4n) is 4.52. The van der Waals surface area contributed by atoms with E-state index in [0.717, 1.165) is 33.2 Å². The number of H-pyrrole nitrogens is 1. The Morgan fingerprint density at radius 1 is 1.24 bits per heavy atom. The van der Waals surface area contributed by atoms with Crippen LogP contribution < -0.4 is 5.32 Å². The molecular formula is C25H31N5O3S. The number of hydrogen-bond donors (Lipinski definition) is 3. The predicted molar refractivity (Wildman–Crippen MR) is 131 cm³/mol. The highest BCUT2D eigenvalue weighted by atomic mass is 32.1. The van der Waals surface area contributed by atoms with Crippen LogP contribution in [-0.2, 0) is 16.1 Å². The van der Waals surface area contributed by atoms with E-state index in [1.54, 1.807) is 17.5 Å². The Bertz CT molecular complexity index is 1150. The quantitative estimate of drug-likeness (QED) is 0.480. The number of likely N-dealkylation sites (tertiary alicyclic amines) is 1. The van der Waals surface area contributed by atoms with Crippen molar-refractivity contribution in [2.45, 2.75) is 58.7 Å². The number of thiazole rings is 1. The number of aryl methyl sites for hydroxylation is 2. The highest BCUT2D eigenvalue weighted by Crippen LogP contribution is 2.30. The summed E-state index contributed by atoms with van der Waals surface area (Å²) in [5, 5.41) is 13.2. The molecule has 0 spiro atoms. The maximum atomic E-state index is 13.5. The van der Waals surface area contributed by atoms with Crippen LogP contribution in [0, 0.1) is 19.8 Å². The Morgan fingerprint density at radius 2 is 1.97 bits per heavy atom. The van der Waals surface area contributed by atoms with Gasteiger partial charge in [0.1, 0.15) is 11.9 Å². The topological polar surface area (TPSA) is 111 Å². The molecule has 3 aromatic rings. The number of nitrogens with one attached hydrogen (secondary N) is 2. The molecule has 9 heteroatoms. The van der Waals surface area contributed by atoms with Gasteiger partial charge in [0.05, 0.1) is 28.1 Å². The van der Waals surface area contributed by atoms with Crippen molar-refractivity contribution in [1.82, 2.24) is 25.2 Å². The lowest BCUT2D eigenvalue weighted by Crippen LogP contribution is -2.48. The predicted octanol–water partition coefficient (Wildman–Crippen LogP) is 3.17. The Kier molecular flexibility index (Phi) is 7.13. The van der Waals surface area contributed by atoms with Crippen LogP contribution in [0.3, 0.4) is 0 Å². The van der Waals surface area contributed by atoms with Gasteiger partial charge in [0.15, 0.2) is 0 Å². The minimum absolute atomic E-state index is 0.00880. The summed E-state index contributed by atoms with van der Waals surface area (Å²) in [5.41, 5.74) is 5.62. The lowest BCUT2D eigenvalue weighted by atomic mass is 9.91. The van der Waals surface area contributed by atoms with Gasteiger partial charge >= 0.3 is 0 Å². The summed E-state index contributed by atoms with van der Waals surface area (Å²) in [7, 11) is 0. The summed E-state index contributed by atoms with van der Waals surface area (Å²) in [4.78, 5) is 40.9. The first kappa shape index (κ1) is 24.1. The van der Waals surface area contributed by atoms with E-state index in [0.29, 0.717) is 6.54 Å². The van der Waals surface area contributed by atoms with E-state index in [-0.39, 0.29) is 30.7 Å². The molecule has 1 saturated heterocycles. The average Bonchev–Trinajstić information content (AvgIpc) is 3.52. The molecule has 2 aromatic heterocycles. The van der Waals surface area contributed by atoms with Crippen LogP contribution in [0.2, 0.25) is 0 Å². The van der Waals surface area contributed by atoms with Gasteiger partial charge in [-0.25, -0.2) is 9.97 Å². The number of aromatic nitrogens is 3. The van der Waals surface area contributed by atoms with Crippen LogP contribution >= 0.6 is 11.3 Å². The number of β-amino-alcohol motifs (C(OH)–C–C–N with tert-alkyl or cyclic N) is 1. The molecule has 4 rings (SSSR count). The molecule has 1 aromatic carbocycles. The highest BCUT2D eigenvalue weighted by molar-refractivity contribution is 7.13. The molecule has 0 radical (unpaired) electrons. The largest absolute Gasteiger partial charge is 0.391 e. The summed E-state index contributed by atoms with van der Waals surface area (Å²) in [6.07, 6.45) is 1.18. The normalized spacial score (nSPS) is 18.9. The zero-order valence-electron chi connectivity index (χ0n) is 19.9. The monoisotopic (exact) mass is 481 g/mol. The number of aliphatic hydroxyl groups is 1. The van der Waals surface area contributed by atoms with Gasteiger partial charge in [-0.2, -0.15) is 0 Å². The first-order valence-corrected chi connectivity index (χ1v) is 12.4. The fourth-order valence-corrected chi connectivity index (χ4v) is 5.33. The first-order chi connectivity index (χ1) is 16.2. The molecule has 1 aliphatic rings. The summed E-state index contributed by atoms with van der Waals surface area (Å²) in [6, 6.07) is 7.31. The Balaban J connectivity index is 1.43. The number of imidazole rings is 1. The van der Waals surface area contributed by atoms with E-state index in [4.69, 9.17) is 0 Å². The minimum atomic E-state index is -0.724. The van der Waals surface area contributed by atoms with Gasteiger partial charge in [0, 0.05) is 31.4 Å². The van der Waals surface area contributed by atoms with Crippen molar-refractivity contribution in [3.63, 3.8) is 0 Å². The third kappa shape index (κ3) is 5.05. The number of hydrogen-bond acceptors (Lipinski definition) is 6. The van der Waals surface area contributed by atoms with Crippen LogP contribution in [-0.4, -0.2) is 55.5 Å². The molecule has 2 amide bonds. The SMILES string of the molecule is Cc1ncc([C@H](C(=O)N2C[C@H](O)C[C@H]2C(=O)NCc2ccc(-c3scnc3C)cc2)C(C)C)[nH]1. The Morgan fingerprint density at radius 3 is 2.56 bits per heavy atom. The number of carbonyl (C=O) groups is 2. The number of amides is 2. The van der Waals surface area contributed by atoms with Crippen molar-refractivity contribution in [1.29, 1.82) is 0 Å². The number of rotatable bonds is 7. The molecule has 180 valence electrons. The third-order valence-corrected chi connectivity index (χ3v) is 7.26. The van der Waals surface area contributed by atoms with Crippen LogP contribution in [0.25, 0.3) is 10.4 Å². The van der Waals surface area contributed by atoms with Crippen molar-refractivity contribution in [2.24, 2.45) is 5.92 Å². The van der Waals surface area contributed by atoms with Crippen LogP contribution in [0.4, 0.5) is 0 Å². The molecule has 0 aliphatic carbocycles. The molecular weight excluding hydrogens is 450 g/mol. The van der Waals surface area contributed by atoms with Crippen molar-refractivity contribution in [2.75, 3.05) is 6.54 Å². The number of aromatic amines is 1. The second-order valence-corrected chi connectivity index (χ2v) is 10.1. The van der Waals surface area contributed by atoms with E-state index in [1.165, 1.54) is 4.90 Å². The van der Waals surface area contributed by atoms with Gasteiger partial charge in [-0.1, -0.05) is 38.1 Å². The van der Waals surface area contributed by atoms with E-state index in [2.05, 4.69) is 20.3 Å². The molecule has 1 fully saturated rings. The average molecular weight is 482 g/mol. The van der Waals surface area contributed by atoms with E-state index < -0.39 is 18.1 Å². The van der Waals surface area contributed by atoms with Crippen molar-refractivity contribution in [3.8, 4) is 10.4 Å². The molecule has 3 atom stereocenters. The van der Waals surface area contributed by atoms with E-state index >= 15 is 0 Å². The number of carbonyl (C=O) groups excluding carboxylic acids is 2. The maximum absolute atomic E-state index is 13.5. The maximum Gasteiger partial charge on any atom is 0.243 e. The molecule has 3 N–H and O–H groups in total. The molecule has 34 heavy (non-hydrogen) atoms. The van der Waals surface area contributed by atoms with Crippen molar-refractivity contribution >= 4 is 23.2 Å². The molecule has 8 nitrogen and oxygen atoms in total. The summed E-state index contributed by atoms with van der Waals surface area (Å²) < 4.78 is 0. The summed E-state index contributed by atoms with van der Waals surface area (Å²) >= 11 is 1.60. The van der Waals surface area contributed by atoms with Crippen LogP contribution in [0.1, 0.15) is 49.0 Å². The van der Waals surface area contributed by atoms with E-state index in [1.807, 2.05) is 57.5 Å². The van der Waals surface area contributed by atoms with Gasteiger partial charge in [-0.3, -0.25) is 9.59 Å². The molecule has 3 heterocycles. The Hall–Kier alpha value is -3.04. The first-order valence-electron chi connectivity index (χ1n) is 11.5. The summed E-state index contributed by atoms with van der Waals surface area (Å²) in [6.45, 7) is 8.26. The van der Waals surface area contributed by atoms with Gasteiger partial charge in [0.25, 0.3) is 0 Å². The summed E-state index contributed by atoms with van der Waals surface area (Å²) in [5.74, 6) is -0.130. The second kappa shape index (κ2) is 10.1. The van der Waals surface area contributed by atoms with Gasteiger partial charge < -0.3 is 20.3 Å². The molecule has 0 unspecified atom stereocenters.